The lowest BCUT2D eigenvalue weighted by molar-refractivity contribution is -0.140. The van der Waals surface area contributed by atoms with Gasteiger partial charge in [0.2, 0.25) is 5.91 Å². The third kappa shape index (κ3) is 3.37. The Bertz CT molecular complexity index is 300. The summed E-state index contributed by atoms with van der Waals surface area (Å²) in [5.74, 6) is 0.358. The summed E-state index contributed by atoms with van der Waals surface area (Å²) in [7, 11) is 0. The van der Waals surface area contributed by atoms with Crippen molar-refractivity contribution < 1.29 is 18.0 Å². The zero-order valence-corrected chi connectivity index (χ0v) is 10.3. The minimum atomic E-state index is -4.13. The lowest BCUT2D eigenvalue weighted by Crippen LogP contribution is -2.43. The van der Waals surface area contributed by atoms with E-state index in [0.717, 1.165) is 25.7 Å². The molecule has 0 aromatic rings. The van der Waals surface area contributed by atoms with Crippen LogP contribution in [0.15, 0.2) is 0 Å². The van der Waals surface area contributed by atoms with Crippen molar-refractivity contribution in [2.45, 2.75) is 50.9 Å². The molecule has 1 atom stereocenters. The Hall–Kier alpha value is -0.780. The van der Waals surface area contributed by atoms with E-state index in [-0.39, 0.29) is 31.6 Å². The first-order valence-corrected chi connectivity index (χ1v) is 6.57. The van der Waals surface area contributed by atoms with Crippen molar-refractivity contribution in [3.05, 3.63) is 0 Å². The van der Waals surface area contributed by atoms with Gasteiger partial charge in [0.25, 0.3) is 0 Å². The zero-order valence-electron chi connectivity index (χ0n) is 10.3. The average molecular weight is 264 g/mol. The Kier molecular flexibility index (Phi) is 4.14. The molecule has 1 aliphatic heterocycles. The summed E-state index contributed by atoms with van der Waals surface area (Å²) in [6.45, 7) is 0.486. The van der Waals surface area contributed by atoms with Crippen molar-refractivity contribution in [3.63, 3.8) is 0 Å². The van der Waals surface area contributed by atoms with Crippen LogP contribution in [0.2, 0.25) is 0 Å². The molecule has 0 spiro atoms. The monoisotopic (exact) mass is 264 g/mol. The van der Waals surface area contributed by atoms with Gasteiger partial charge in [-0.05, 0) is 25.2 Å². The molecule has 0 aromatic heterocycles. The molecule has 2 aliphatic rings. The average Bonchev–Trinajstić information content (AvgIpc) is 2.87. The van der Waals surface area contributed by atoms with Gasteiger partial charge in [0, 0.05) is 13.0 Å². The van der Waals surface area contributed by atoms with E-state index >= 15 is 0 Å². The van der Waals surface area contributed by atoms with Gasteiger partial charge < -0.3 is 4.90 Å². The van der Waals surface area contributed by atoms with Crippen LogP contribution in [0.4, 0.5) is 13.2 Å². The maximum absolute atomic E-state index is 12.1. The normalized spacial score (nSPS) is 26.3. The van der Waals surface area contributed by atoms with Crippen molar-refractivity contribution in [2.24, 2.45) is 5.92 Å². The van der Waals surface area contributed by atoms with Crippen LogP contribution in [-0.2, 0) is 4.79 Å². The SMILES string of the molecule is O=C1CNC(C2CCCC2)N1CCCC(F)(F)F. The molecule has 2 fully saturated rings. The summed E-state index contributed by atoms with van der Waals surface area (Å²) in [4.78, 5) is 13.3. The number of amides is 1. The molecule has 18 heavy (non-hydrogen) atoms. The summed E-state index contributed by atoms with van der Waals surface area (Å²) < 4.78 is 36.3. The molecule has 1 saturated carbocycles. The Morgan fingerprint density at radius 3 is 2.56 bits per heavy atom. The van der Waals surface area contributed by atoms with Gasteiger partial charge in [-0.2, -0.15) is 13.2 Å². The van der Waals surface area contributed by atoms with Gasteiger partial charge in [0.15, 0.2) is 0 Å². The van der Waals surface area contributed by atoms with E-state index in [1.165, 1.54) is 0 Å². The van der Waals surface area contributed by atoms with Gasteiger partial charge in [-0.15, -0.1) is 0 Å². The minimum absolute atomic E-state index is 0.000139. The van der Waals surface area contributed by atoms with E-state index < -0.39 is 12.6 Å². The van der Waals surface area contributed by atoms with Crippen LogP contribution in [-0.4, -0.2) is 36.2 Å². The minimum Gasteiger partial charge on any atom is -0.326 e. The van der Waals surface area contributed by atoms with Gasteiger partial charge in [-0.25, -0.2) is 0 Å². The van der Waals surface area contributed by atoms with Crippen molar-refractivity contribution in [2.75, 3.05) is 13.1 Å². The first-order chi connectivity index (χ1) is 8.47. The number of hydrogen-bond donors (Lipinski definition) is 1. The molecule has 0 radical (unpaired) electrons. The fraction of sp³-hybridized carbons (Fsp3) is 0.917. The van der Waals surface area contributed by atoms with Crippen LogP contribution < -0.4 is 5.32 Å². The van der Waals surface area contributed by atoms with Crippen LogP contribution in [0.1, 0.15) is 38.5 Å². The number of carbonyl (C=O) groups is 1. The number of nitrogens with zero attached hydrogens (tertiary/aromatic N) is 1. The molecule has 2 rings (SSSR count). The quantitative estimate of drug-likeness (QED) is 0.845. The van der Waals surface area contributed by atoms with Gasteiger partial charge >= 0.3 is 6.18 Å². The molecular formula is C12H19F3N2O. The standard InChI is InChI=1S/C12H19F3N2O/c13-12(14,15)6-3-7-17-10(18)8-16-11(17)9-4-1-2-5-9/h9,11,16H,1-8H2. The van der Waals surface area contributed by atoms with Crippen LogP contribution in [0, 0.1) is 5.92 Å². The summed E-state index contributed by atoms with van der Waals surface area (Å²) in [5, 5.41) is 3.14. The maximum atomic E-state index is 12.1. The number of carbonyl (C=O) groups excluding carboxylic acids is 1. The number of hydrogen-bond acceptors (Lipinski definition) is 2. The number of halogens is 3. The fourth-order valence-corrected chi connectivity index (χ4v) is 2.97. The summed E-state index contributed by atoms with van der Waals surface area (Å²) in [5.41, 5.74) is 0. The molecule has 6 heteroatoms. The van der Waals surface area contributed by atoms with Crippen molar-refractivity contribution >= 4 is 5.91 Å². The Morgan fingerprint density at radius 1 is 1.28 bits per heavy atom. The van der Waals surface area contributed by atoms with Gasteiger partial charge in [-0.3, -0.25) is 10.1 Å². The van der Waals surface area contributed by atoms with E-state index in [1.807, 2.05) is 0 Å². The predicted molar refractivity (Wildman–Crippen MR) is 60.8 cm³/mol. The Labute approximate surface area is 105 Å². The third-order valence-corrected chi connectivity index (χ3v) is 3.82. The molecule has 1 N–H and O–H groups in total. The first kappa shape index (κ1) is 13.6. The van der Waals surface area contributed by atoms with Gasteiger partial charge in [0.1, 0.15) is 0 Å². The van der Waals surface area contributed by atoms with E-state index in [1.54, 1.807) is 4.90 Å². The Morgan fingerprint density at radius 2 is 1.94 bits per heavy atom. The smallest absolute Gasteiger partial charge is 0.326 e. The molecule has 1 aliphatic carbocycles. The summed E-state index contributed by atoms with van der Waals surface area (Å²) in [6.07, 6.45) is -0.511. The van der Waals surface area contributed by atoms with E-state index in [0.29, 0.717) is 5.92 Å². The summed E-state index contributed by atoms with van der Waals surface area (Å²) >= 11 is 0. The zero-order chi connectivity index (χ0) is 13.2. The molecule has 1 amide bonds. The molecular weight excluding hydrogens is 245 g/mol. The van der Waals surface area contributed by atoms with Crippen molar-refractivity contribution in [1.82, 2.24) is 10.2 Å². The fourth-order valence-electron chi connectivity index (χ4n) is 2.97. The van der Waals surface area contributed by atoms with Crippen LogP contribution in [0.3, 0.4) is 0 Å². The second kappa shape index (κ2) is 5.47. The topological polar surface area (TPSA) is 32.3 Å². The maximum Gasteiger partial charge on any atom is 0.389 e. The molecule has 3 nitrogen and oxygen atoms in total. The molecule has 1 heterocycles. The van der Waals surface area contributed by atoms with E-state index in [9.17, 15) is 18.0 Å². The predicted octanol–water partition coefficient (Wildman–Crippen LogP) is 2.28. The van der Waals surface area contributed by atoms with E-state index in [2.05, 4.69) is 5.32 Å². The highest BCUT2D eigenvalue weighted by Gasteiger charge is 2.37. The Balaban J connectivity index is 1.85. The second-order valence-electron chi connectivity index (χ2n) is 5.18. The highest BCUT2D eigenvalue weighted by atomic mass is 19.4. The summed E-state index contributed by atoms with van der Waals surface area (Å²) in [6, 6.07) is 0. The van der Waals surface area contributed by atoms with Crippen LogP contribution >= 0.6 is 0 Å². The van der Waals surface area contributed by atoms with Crippen LogP contribution in [0.25, 0.3) is 0 Å². The molecule has 1 saturated heterocycles. The highest BCUT2D eigenvalue weighted by Crippen LogP contribution is 2.31. The van der Waals surface area contributed by atoms with Gasteiger partial charge in [0.05, 0.1) is 12.7 Å². The molecule has 0 aromatic carbocycles. The lowest BCUT2D eigenvalue weighted by Gasteiger charge is -2.29. The number of rotatable bonds is 4. The largest absolute Gasteiger partial charge is 0.389 e. The number of alkyl halides is 3. The van der Waals surface area contributed by atoms with Crippen LogP contribution in [0.5, 0.6) is 0 Å². The highest BCUT2D eigenvalue weighted by molar-refractivity contribution is 5.80. The first-order valence-electron chi connectivity index (χ1n) is 6.57. The van der Waals surface area contributed by atoms with Gasteiger partial charge in [-0.1, -0.05) is 12.8 Å². The second-order valence-corrected chi connectivity index (χ2v) is 5.18. The van der Waals surface area contributed by atoms with E-state index in [4.69, 9.17) is 0 Å². The number of nitrogens with one attached hydrogen (secondary N) is 1. The lowest BCUT2D eigenvalue weighted by atomic mass is 10.0. The molecule has 1 unspecified atom stereocenters. The van der Waals surface area contributed by atoms with Crippen molar-refractivity contribution in [3.8, 4) is 0 Å². The molecule has 104 valence electrons. The molecule has 0 bridgehead atoms. The third-order valence-electron chi connectivity index (χ3n) is 3.82. The van der Waals surface area contributed by atoms with Crippen molar-refractivity contribution in [1.29, 1.82) is 0 Å².